The smallest absolute Gasteiger partial charge is 0.0352 e. The van der Waals surface area contributed by atoms with Crippen molar-refractivity contribution in [1.82, 2.24) is 0 Å². The Balaban J connectivity index is 1.77. The second-order valence-corrected chi connectivity index (χ2v) is 6.60. The first-order valence-electron chi connectivity index (χ1n) is 8.75. The summed E-state index contributed by atoms with van der Waals surface area (Å²) in [5.74, 6) is 0.295. The van der Waals surface area contributed by atoms with Crippen molar-refractivity contribution in [3.8, 4) is 0 Å². The molecule has 1 aliphatic rings. The van der Waals surface area contributed by atoms with Gasteiger partial charge in [0.1, 0.15) is 0 Å². The van der Waals surface area contributed by atoms with Crippen LogP contribution in [0.25, 0.3) is 22.4 Å². The first-order chi connectivity index (χ1) is 12.4. The van der Waals surface area contributed by atoms with Crippen molar-refractivity contribution < 1.29 is 0 Å². The molecule has 1 atom stereocenters. The Morgan fingerprint density at radius 3 is 2.20 bits per heavy atom. The summed E-state index contributed by atoms with van der Waals surface area (Å²) in [6.45, 7) is 0. The molecule has 0 aliphatic heterocycles. The molecule has 0 amide bonds. The Morgan fingerprint density at radius 2 is 1.28 bits per heavy atom. The number of hydrogen-bond donors (Lipinski definition) is 0. The normalized spacial score (nSPS) is 15.8. The van der Waals surface area contributed by atoms with Crippen molar-refractivity contribution in [2.75, 3.05) is 0 Å². The number of benzene rings is 4. The zero-order valence-electron chi connectivity index (χ0n) is 13.9. The Kier molecular flexibility index (Phi) is 3.28. The van der Waals surface area contributed by atoms with Crippen molar-refractivity contribution in [1.29, 1.82) is 0 Å². The third-order valence-electron chi connectivity index (χ3n) is 5.16. The molecule has 0 bridgehead atoms. The van der Waals surface area contributed by atoms with Gasteiger partial charge in [0.15, 0.2) is 0 Å². The molecule has 4 aromatic carbocycles. The molecule has 1 unspecified atom stereocenters. The van der Waals surface area contributed by atoms with Crippen LogP contribution in [0.2, 0.25) is 0 Å². The van der Waals surface area contributed by atoms with Gasteiger partial charge in [-0.1, -0.05) is 97.1 Å². The third kappa shape index (κ3) is 2.30. The SMILES string of the molecule is C1=C(c2cccc3ccccc23)C(c2ccccc2)c2ccccc21. The van der Waals surface area contributed by atoms with Gasteiger partial charge in [-0.15, -0.1) is 0 Å². The molecule has 4 aromatic rings. The van der Waals surface area contributed by atoms with E-state index in [4.69, 9.17) is 0 Å². The van der Waals surface area contributed by atoms with E-state index >= 15 is 0 Å². The maximum atomic E-state index is 2.37. The first-order valence-corrected chi connectivity index (χ1v) is 8.75. The van der Waals surface area contributed by atoms with Crippen LogP contribution in [-0.2, 0) is 0 Å². The van der Waals surface area contributed by atoms with Gasteiger partial charge in [-0.2, -0.15) is 0 Å². The van der Waals surface area contributed by atoms with Gasteiger partial charge in [-0.25, -0.2) is 0 Å². The molecule has 1 aliphatic carbocycles. The molecule has 118 valence electrons. The monoisotopic (exact) mass is 318 g/mol. The summed E-state index contributed by atoms with van der Waals surface area (Å²) in [6, 6.07) is 34.9. The summed E-state index contributed by atoms with van der Waals surface area (Å²) in [6.07, 6.45) is 2.37. The summed E-state index contributed by atoms with van der Waals surface area (Å²) >= 11 is 0. The molecular weight excluding hydrogens is 300 g/mol. The lowest BCUT2D eigenvalue weighted by Gasteiger charge is -2.19. The van der Waals surface area contributed by atoms with Crippen LogP contribution in [0.4, 0.5) is 0 Å². The first kappa shape index (κ1) is 14.2. The van der Waals surface area contributed by atoms with E-state index in [9.17, 15) is 0 Å². The fourth-order valence-corrected chi connectivity index (χ4v) is 4.04. The minimum absolute atomic E-state index is 0.295. The van der Waals surface area contributed by atoms with Crippen molar-refractivity contribution in [3.63, 3.8) is 0 Å². The quantitative estimate of drug-likeness (QED) is 0.394. The molecular formula is C25H18. The highest BCUT2D eigenvalue weighted by atomic mass is 14.3. The van der Waals surface area contributed by atoms with Crippen molar-refractivity contribution >= 4 is 22.4 Å². The van der Waals surface area contributed by atoms with E-state index in [1.54, 1.807) is 0 Å². The average molecular weight is 318 g/mol. The van der Waals surface area contributed by atoms with Crippen LogP contribution in [0.15, 0.2) is 97.1 Å². The van der Waals surface area contributed by atoms with Crippen LogP contribution in [0.3, 0.4) is 0 Å². The summed E-state index contributed by atoms with van der Waals surface area (Å²) in [5, 5.41) is 2.62. The fourth-order valence-electron chi connectivity index (χ4n) is 4.04. The number of allylic oxidation sites excluding steroid dienone is 1. The van der Waals surface area contributed by atoms with Gasteiger partial charge >= 0.3 is 0 Å². The molecule has 0 saturated carbocycles. The Bertz CT molecular complexity index is 1080. The van der Waals surface area contributed by atoms with Gasteiger partial charge in [-0.3, -0.25) is 0 Å². The van der Waals surface area contributed by atoms with E-state index in [0.29, 0.717) is 5.92 Å². The highest BCUT2D eigenvalue weighted by Crippen LogP contribution is 2.47. The highest BCUT2D eigenvalue weighted by Gasteiger charge is 2.28. The molecule has 0 spiro atoms. The van der Waals surface area contributed by atoms with Crippen LogP contribution in [0, 0.1) is 0 Å². The maximum absolute atomic E-state index is 2.37. The highest BCUT2D eigenvalue weighted by molar-refractivity contribution is 6.02. The van der Waals surface area contributed by atoms with E-state index in [2.05, 4.69) is 103 Å². The molecule has 0 saturated heterocycles. The third-order valence-corrected chi connectivity index (χ3v) is 5.16. The summed E-state index contributed by atoms with van der Waals surface area (Å²) < 4.78 is 0. The number of rotatable bonds is 2. The minimum Gasteiger partial charge on any atom is -0.0622 e. The van der Waals surface area contributed by atoms with Gasteiger partial charge in [0, 0.05) is 5.92 Å². The average Bonchev–Trinajstić information content (AvgIpc) is 3.07. The van der Waals surface area contributed by atoms with E-state index in [1.165, 1.54) is 38.6 Å². The predicted molar refractivity (Wildman–Crippen MR) is 107 cm³/mol. The fraction of sp³-hybridized carbons (Fsp3) is 0.0400. The van der Waals surface area contributed by atoms with Gasteiger partial charge in [0.2, 0.25) is 0 Å². The van der Waals surface area contributed by atoms with Gasteiger partial charge < -0.3 is 0 Å². The van der Waals surface area contributed by atoms with Crippen LogP contribution < -0.4 is 0 Å². The Hall–Kier alpha value is -3.12. The second kappa shape index (κ2) is 5.75. The largest absolute Gasteiger partial charge is 0.0622 e. The summed E-state index contributed by atoms with van der Waals surface area (Å²) in [5.41, 5.74) is 6.81. The van der Waals surface area contributed by atoms with Crippen LogP contribution in [0.5, 0.6) is 0 Å². The molecule has 5 rings (SSSR count). The number of hydrogen-bond acceptors (Lipinski definition) is 0. The van der Waals surface area contributed by atoms with Gasteiger partial charge in [0.25, 0.3) is 0 Å². The van der Waals surface area contributed by atoms with Crippen molar-refractivity contribution in [2.24, 2.45) is 0 Å². The molecule has 0 N–H and O–H groups in total. The summed E-state index contributed by atoms with van der Waals surface area (Å²) in [4.78, 5) is 0. The lowest BCUT2D eigenvalue weighted by molar-refractivity contribution is 1.07. The molecule has 0 radical (unpaired) electrons. The lowest BCUT2D eigenvalue weighted by Crippen LogP contribution is -2.01. The number of fused-ring (bicyclic) bond motifs is 2. The Labute approximate surface area is 148 Å². The molecule has 0 nitrogen and oxygen atoms in total. The molecule has 0 fully saturated rings. The second-order valence-electron chi connectivity index (χ2n) is 6.60. The van der Waals surface area contributed by atoms with E-state index in [0.717, 1.165) is 0 Å². The standard InChI is InChI=1S/C25H18/c1-2-10-19(11-3-1)25-22-15-7-5-12-20(22)17-24(25)23-16-8-13-18-9-4-6-14-21(18)23/h1-17,25H. The lowest BCUT2D eigenvalue weighted by atomic mass is 9.84. The van der Waals surface area contributed by atoms with Gasteiger partial charge in [0.05, 0.1) is 0 Å². The van der Waals surface area contributed by atoms with E-state index in [-0.39, 0.29) is 0 Å². The molecule has 0 heteroatoms. The van der Waals surface area contributed by atoms with Gasteiger partial charge in [-0.05, 0) is 44.7 Å². The van der Waals surface area contributed by atoms with Crippen molar-refractivity contribution in [2.45, 2.75) is 5.92 Å². The minimum atomic E-state index is 0.295. The van der Waals surface area contributed by atoms with E-state index in [1.807, 2.05) is 0 Å². The maximum Gasteiger partial charge on any atom is 0.0352 e. The Morgan fingerprint density at radius 1 is 0.560 bits per heavy atom. The molecule has 25 heavy (non-hydrogen) atoms. The van der Waals surface area contributed by atoms with Crippen LogP contribution >= 0.6 is 0 Å². The summed E-state index contributed by atoms with van der Waals surface area (Å²) in [7, 11) is 0. The van der Waals surface area contributed by atoms with Crippen LogP contribution in [0.1, 0.15) is 28.2 Å². The van der Waals surface area contributed by atoms with E-state index < -0.39 is 0 Å². The molecule has 0 aromatic heterocycles. The predicted octanol–water partition coefficient (Wildman–Crippen LogP) is 6.53. The van der Waals surface area contributed by atoms with Crippen molar-refractivity contribution in [3.05, 3.63) is 119 Å². The zero-order chi connectivity index (χ0) is 16.6. The topological polar surface area (TPSA) is 0 Å². The zero-order valence-corrected chi connectivity index (χ0v) is 13.9. The van der Waals surface area contributed by atoms with Crippen LogP contribution in [-0.4, -0.2) is 0 Å². The molecule has 0 heterocycles.